The first-order chi connectivity index (χ1) is 15.3. The first-order valence-corrected chi connectivity index (χ1v) is 10.8. The fraction of sp³-hybridized carbons (Fsp3) is 0.250. The van der Waals surface area contributed by atoms with Crippen molar-refractivity contribution in [1.29, 1.82) is 0 Å². The number of ether oxygens (including phenoxy) is 3. The van der Waals surface area contributed by atoms with Gasteiger partial charge in [-0.1, -0.05) is 35.3 Å². The lowest BCUT2D eigenvalue weighted by Crippen LogP contribution is -2.16. The van der Waals surface area contributed by atoms with Gasteiger partial charge in [-0.2, -0.15) is 0 Å². The number of ketones is 1. The average Bonchev–Trinajstić information content (AvgIpc) is 3.34. The molecule has 0 N–H and O–H groups in total. The van der Waals surface area contributed by atoms with Crippen LogP contribution in [0.3, 0.4) is 0 Å². The Kier molecular flexibility index (Phi) is 6.44. The summed E-state index contributed by atoms with van der Waals surface area (Å²) >= 11 is 11.9. The van der Waals surface area contributed by atoms with Gasteiger partial charge in [0.25, 0.3) is 0 Å². The molecular weight excluding hydrogens is 453 g/mol. The zero-order valence-electron chi connectivity index (χ0n) is 17.6. The number of esters is 1. The summed E-state index contributed by atoms with van der Waals surface area (Å²) in [4.78, 5) is 24.9. The quantitative estimate of drug-likeness (QED) is 0.350. The number of hydrogen-bond acceptors (Lipinski definition) is 5. The van der Waals surface area contributed by atoms with Crippen LogP contribution in [0, 0.1) is 13.8 Å². The minimum atomic E-state index is -0.508. The number of benzene rings is 2. The lowest BCUT2D eigenvalue weighted by molar-refractivity contribution is -0.141. The highest BCUT2D eigenvalue weighted by atomic mass is 35.5. The molecule has 0 bridgehead atoms. The summed E-state index contributed by atoms with van der Waals surface area (Å²) in [6.07, 6.45) is 0.00725. The first-order valence-electron chi connectivity index (χ1n) is 10.00. The fourth-order valence-corrected chi connectivity index (χ4v) is 3.96. The second-order valence-corrected chi connectivity index (χ2v) is 8.38. The van der Waals surface area contributed by atoms with Crippen molar-refractivity contribution >= 4 is 35.0 Å². The summed E-state index contributed by atoms with van der Waals surface area (Å²) in [6.45, 7) is 4.30. The van der Waals surface area contributed by atoms with E-state index in [0.717, 1.165) is 28.5 Å². The molecule has 1 aliphatic heterocycles. The molecule has 8 heteroatoms. The average molecular weight is 474 g/mol. The summed E-state index contributed by atoms with van der Waals surface area (Å²) in [5.41, 5.74) is 3.98. The van der Waals surface area contributed by atoms with Crippen molar-refractivity contribution < 1.29 is 23.8 Å². The maximum atomic E-state index is 12.7. The normalized spacial score (nSPS) is 12.1. The fourth-order valence-electron chi connectivity index (χ4n) is 3.64. The van der Waals surface area contributed by atoms with E-state index in [1.165, 1.54) is 0 Å². The molecule has 0 aliphatic carbocycles. The highest BCUT2D eigenvalue weighted by Crippen LogP contribution is 2.33. The van der Waals surface area contributed by atoms with E-state index < -0.39 is 5.97 Å². The van der Waals surface area contributed by atoms with E-state index in [-0.39, 0.29) is 25.6 Å². The Labute approximate surface area is 195 Å². The monoisotopic (exact) mass is 473 g/mol. The van der Waals surface area contributed by atoms with Crippen LogP contribution in [0.15, 0.2) is 42.5 Å². The number of hydrogen-bond donors (Lipinski definition) is 0. The minimum absolute atomic E-state index is 0.00725. The van der Waals surface area contributed by atoms with Crippen LogP contribution in [-0.4, -0.2) is 29.7 Å². The molecule has 0 saturated carbocycles. The van der Waals surface area contributed by atoms with Crippen molar-refractivity contribution in [2.24, 2.45) is 0 Å². The summed E-state index contributed by atoms with van der Waals surface area (Å²) in [6, 6.07) is 12.5. The molecule has 0 fully saturated rings. The van der Waals surface area contributed by atoms with Crippen LogP contribution in [0.2, 0.25) is 10.0 Å². The lowest BCUT2D eigenvalue weighted by atomic mass is 10.1. The van der Waals surface area contributed by atoms with Gasteiger partial charge in [0, 0.05) is 23.5 Å². The highest BCUT2D eigenvalue weighted by Gasteiger charge is 2.19. The Morgan fingerprint density at radius 2 is 1.72 bits per heavy atom. The number of fused-ring (bicyclic) bond motifs is 1. The molecule has 0 atom stereocenters. The van der Waals surface area contributed by atoms with E-state index in [1.807, 2.05) is 42.7 Å². The van der Waals surface area contributed by atoms with Gasteiger partial charge in [-0.05, 0) is 55.3 Å². The Morgan fingerprint density at radius 1 is 0.969 bits per heavy atom. The summed E-state index contributed by atoms with van der Waals surface area (Å²) in [7, 11) is 0. The molecule has 166 valence electrons. The van der Waals surface area contributed by atoms with Gasteiger partial charge in [-0.25, -0.2) is 0 Å². The van der Waals surface area contributed by atoms with Crippen LogP contribution < -0.4 is 9.47 Å². The molecule has 2 heterocycles. The van der Waals surface area contributed by atoms with Crippen molar-refractivity contribution in [2.75, 3.05) is 13.4 Å². The van der Waals surface area contributed by atoms with Crippen molar-refractivity contribution in [3.05, 3.63) is 80.6 Å². The summed E-state index contributed by atoms with van der Waals surface area (Å²) < 4.78 is 18.0. The van der Waals surface area contributed by atoms with Gasteiger partial charge < -0.3 is 18.8 Å². The number of nitrogens with zero attached hydrogens (tertiary/aromatic N) is 1. The van der Waals surface area contributed by atoms with E-state index in [4.69, 9.17) is 37.4 Å². The highest BCUT2D eigenvalue weighted by molar-refractivity contribution is 6.42. The van der Waals surface area contributed by atoms with E-state index in [9.17, 15) is 9.59 Å². The zero-order valence-corrected chi connectivity index (χ0v) is 19.1. The van der Waals surface area contributed by atoms with Crippen molar-refractivity contribution in [1.82, 2.24) is 4.57 Å². The van der Waals surface area contributed by atoms with Crippen molar-refractivity contribution in [3.63, 3.8) is 0 Å². The Hall–Kier alpha value is -2.96. The van der Waals surface area contributed by atoms with Crippen LogP contribution >= 0.6 is 23.2 Å². The van der Waals surface area contributed by atoms with E-state index in [2.05, 4.69) is 0 Å². The van der Waals surface area contributed by atoms with Crippen LogP contribution in [0.5, 0.6) is 11.5 Å². The number of halogens is 2. The molecule has 6 nitrogen and oxygen atoms in total. The predicted octanol–water partition coefficient (Wildman–Crippen LogP) is 5.16. The summed E-state index contributed by atoms with van der Waals surface area (Å²) in [5, 5.41) is 0.776. The number of rotatable bonds is 7. The third kappa shape index (κ3) is 4.76. The van der Waals surface area contributed by atoms with Crippen molar-refractivity contribution in [2.45, 2.75) is 26.8 Å². The third-order valence-corrected chi connectivity index (χ3v) is 6.09. The van der Waals surface area contributed by atoms with Crippen LogP contribution in [0.25, 0.3) is 0 Å². The Bertz CT molecular complexity index is 1200. The van der Waals surface area contributed by atoms with E-state index in [0.29, 0.717) is 27.7 Å². The number of aryl methyl sites for hydroxylation is 1. The third-order valence-electron chi connectivity index (χ3n) is 5.35. The van der Waals surface area contributed by atoms with Crippen LogP contribution in [-0.2, 0) is 22.5 Å². The van der Waals surface area contributed by atoms with Gasteiger partial charge in [-0.15, -0.1) is 0 Å². The smallest absolute Gasteiger partial charge is 0.310 e. The molecule has 1 aromatic heterocycles. The molecule has 0 unspecified atom stereocenters. The van der Waals surface area contributed by atoms with Crippen LogP contribution in [0.4, 0.5) is 0 Å². The Morgan fingerprint density at radius 3 is 2.50 bits per heavy atom. The Balaban J connectivity index is 1.39. The van der Waals surface area contributed by atoms with Gasteiger partial charge in [0.1, 0.15) is 0 Å². The van der Waals surface area contributed by atoms with Gasteiger partial charge in [0.05, 0.1) is 16.5 Å². The largest absolute Gasteiger partial charge is 0.457 e. The maximum absolute atomic E-state index is 12.7. The van der Waals surface area contributed by atoms with E-state index in [1.54, 1.807) is 18.2 Å². The van der Waals surface area contributed by atoms with Crippen molar-refractivity contribution in [3.8, 4) is 11.5 Å². The standard InChI is InChI=1S/C24H21Cl2NO5/c1-14-7-18(15(2)27(14)11-17-4-6-22-23(9-17)32-13-31-22)21(28)12-30-24(29)10-16-3-5-19(25)20(26)8-16/h3-9H,10-13H2,1-2H3. The molecule has 2 aromatic carbocycles. The van der Waals surface area contributed by atoms with Gasteiger partial charge >= 0.3 is 5.97 Å². The van der Waals surface area contributed by atoms with Gasteiger partial charge in [-0.3, -0.25) is 9.59 Å². The molecule has 0 amide bonds. The van der Waals surface area contributed by atoms with Gasteiger partial charge in [0.15, 0.2) is 18.1 Å². The number of carbonyl (C=O) groups excluding carboxylic acids is 2. The number of carbonyl (C=O) groups is 2. The molecule has 0 saturated heterocycles. The molecule has 32 heavy (non-hydrogen) atoms. The predicted molar refractivity (Wildman–Crippen MR) is 121 cm³/mol. The van der Waals surface area contributed by atoms with Gasteiger partial charge in [0.2, 0.25) is 12.6 Å². The summed E-state index contributed by atoms with van der Waals surface area (Å²) in [5.74, 6) is 0.687. The van der Waals surface area contributed by atoms with Crippen LogP contribution in [0.1, 0.15) is 32.9 Å². The SMILES string of the molecule is Cc1cc(C(=O)COC(=O)Cc2ccc(Cl)c(Cl)c2)c(C)n1Cc1ccc2c(c1)OCO2. The molecule has 0 spiro atoms. The molecule has 1 aliphatic rings. The number of aromatic nitrogens is 1. The molecule has 3 aromatic rings. The maximum Gasteiger partial charge on any atom is 0.310 e. The topological polar surface area (TPSA) is 66.8 Å². The van der Waals surface area contributed by atoms with E-state index >= 15 is 0 Å². The number of Topliss-reactive ketones (excluding diaryl/α,β-unsaturated/α-hetero) is 1. The molecular formula is C24H21Cl2NO5. The lowest BCUT2D eigenvalue weighted by Gasteiger charge is -2.11. The second-order valence-electron chi connectivity index (χ2n) is 7.57. The molecule has 4 rings (SSSR count). The molecule has 0 radical (unpaired) electrons. The minimum Gasteiger partial charge on any atom is -0.457 e. The zero-order chi connectivity index (χ0) is 22.8. The first kappa shape index (κ1) is 22.2. The second kappa shape index (κ2) is 9.27.